The number of esters is 1. The van der Waals surface area contributed by atoms with E-state index in [4.69, 9.17) is 9.47 Å². The van der Waals surface area contributed by atoms with Crippen molar-refractivity contribution in [2.24, 2.45) is 0 Å². The van der Waals surface area contributed by atoms with Gasteiger partial charge in [0.15, 0.2) is 5.78 Å². The highest BCUT2D eigenvalue weighted by atomic mass is 32.2. The second-order valence-corrected chi connectivity index (χ2v) is 5.06. The third-order valence-corrected chi connectivity index (χ3v) is 3.53. The summed E-state index contributed by atoms with van der Waals surface area (Å²) in [6.07, 6.45) is 0.499. The molecule has 1 aromatic rings. The molecule has 0 saturated heterocycles. The molecule has 0 atom stereocenters. The Bertz CT molecular complexity index is 428. The lowest BCUT2D eigenvalue weighted by Gasteiger charge is -2.05. The maximum atomic E-state index is 11.5. The minimum atomic E-state index is -0.261. The Morgan fingerprint density at radius 1 is 1.10 bits per heavy atom. The van der Waals surface area contributed by atoms with Gasteiger partial charge in [0.05, 0.1) is 12.4 Å². The van der Waals surface area contributed by atoms with Crippen LogP contribution < -0.4 is 0 Å². The minimum absolute atomic E-state index is 0.122. The summed E-state index contributed by atoms with van der Waals surface area (Å²) in [5.74, 6) is 0.119. The lowest BCUT2D eigenvalue weighted by atomic mass is 10.1. The van der Waals surface area contributed by atoms with Crippen LogP contribution in [0.5, 0.6) is 0 Å². The number of ether oxygens (including phenoxy) is 2. The number of carbonyl (C=O) groups excluding carboxylic acids is 2. The highest BCUT2D eigenvalue weighted by Crippen LogP contribution is 2.19. The molecule has 0 unspecified atom stereocenters. The second kappa shape index (κ2) is 9.55. The van der Waals surface area contributed by atoms with Gasteiger partial charge >= 0.3 is 5.97 Å². The first kappa shape index (κ1) is 16.7. The first-order valence-corrected chi connectivity index (χ1v) is 7.65. The number of benzene rings is 1. The van der Waals surface area contributed by atoms with Gasteiger partial charge in [-0.05, 0) is 19.1 Å². The topological polar surface area (TPSA) is 52.6 Å². The molecule has 0 N–H and O–H groups in total. The molecule has 0 spiro atoms. The Morgan fingerprint density at radius 2 is 1.80 bits per heavy atom. The van der Waals surface area contributed by atoms with Crippen molar-refractivity contribution in [3.05, 3.63) is 29.8 Å². The predicted octanol–water partition coefficient (Wildman–Crippen LogP) is 2.95. The van der Waals surface area contributed by atoms with Crippen LogP contribution in [-0.4, -0.2) is 37.3 Å². The van der Waals surface area contributed by atoms with Gasteiger partial charge in [-0.2, -0.15) is 0 Å². The summed E-state index contributed by atoms with van der Waals surface area (Å²) < 4.78 is 10.1. The Hall–Kier alpha value is -1.33. The molecule has 0 aromatic heterocycles. The first-order valence-electron chi connectivity index (χ1n) is 6.66. The summed E-state index contributed by atoms with van der Waals surface area (Å²) in [5.41, 5.74) is 0.705. The molecule has 0 aliphatic carbocycles. The maximum Gasteiger partial charge on any atom is 0.316 e. The zero-order valence-electron chi connectivity index (χ0n) is 11.9. The van der Waals surface area contributed by atoms with Gasteiger partial charge in [-0.15, -0.1) is 11.8 Å². The van der Waals surface area contributed by atoms with Crippen LogP contribution in [-0.2, 0) is 14.3 Å². The van der Waals surface area contributed by atoms with Crippen molar-refractivity contribution in [1.29, 1.82) is 0 Å². The molecule has 0 aliphatic rings. The molecule has 0 aliphatic heterocycles. The van der Waals surface area contributed by atoms with Crippen molar-refractivity contribution >= 4 is 23.5 Å². The number of Topliss-reactive ketones (excluding diaryl/α,β-unsaturated/α-hetero) is 1. The largest absolute Gasteiger partial charge is 0.463 e. The molecule has 4 nitrogen and oxygen atoms in total. The lowest BCUT2D eigenvalue weighted by molar-refractivity contribution is -0.141. The Labute approximate surface area is 123 Å². The molecule has 0 bridgehead atoms. The number of ketones is 1. The zero-order chi connectivity index (χ0) is 14.8. The fourth-order valence-electron chi connectivity index (χ4n) is 1.48. The van der Waals surface area contributed by atoms with Crippen LogP contribution in [0.25, 0.3) is 0 Å². The summed E-state index contributed by atoms with van der Waals surface area (Å²) in [6.45, 7) is 5.07. The van der Waals surface area contributed by atoms with E-state index in [2.05, 4.69) is 0 Å². The van der Waals surface area contributed by atoms with Crippen molar-refractivity contribution in [2.45, 2.75) is 25.2 Å². The van der Waals surface area contributed by atoms with Crippen molar-refractivity contribution in [2.75, 3.05) is 25.6 Å². The van der Waals surface area contributed by atoms with Crippen LogP contribution in [0.2, 0.25) is 0 Å². The quantitative estimate of drug-likeness (QED) is 0.303. The van der Waals surface area contributed by atoms with Crippen molar-refractivity contribution in [1.82, 2.24) is 0 Å². The molecule has 20 heavy (non-hydrogen) atoms. The summed E-state index contributed by atoms with van der Waals surface area (Å²) in [4.78, 5) is 23.9. The van der Waals surface area contributed by atoms with Gasteiger partial charge in [-0.25, -0.2) is 0 Å². The monoisotopic (exact) mass is 296 g/mol. The highest BCUT2D eigenvalue weighted by molar-refractivity contribution is 8.00. The standard InChI is InChI=1S/C15H20O4S/c1-3-14(16)12-5-7-13(8-6-12)20-11-15(17)19-10-9-18-4-2/h5-8H,3-4,9-11H2,1-2H3. The fourth-order valence-corrected chi connectivity index (χ4v) is 2.18. The molecule has 1 aromatic carbocycles. The van der Waals surface area contributed by atoms with E-state index in [0.29, 0.717) is 25.2 Å². The molecule has 0 radical (unpaired) electrons. The molecule has 1 rings (SSSR count). The van der Waals surface area contributed by atoms with Crippen molar-refractivity contribution < 1.29 is 19.1 Å². The minimum Gasteiger partial charge on any atom is -0.463 e. The number of thioether (sulfide) groups is 1. The van der Waals surface area contributed by atoms with Crippen LogP contribution in [0.3, 0.4) is 0 Å². The molecular formula is C15H20O4S. The number of hydrogen-bond acceptors (Lipinski definition) is 5. The summed E-state index contributed by atoms with van der Waals surface area (Å²) in [6, 6.07) is 7.27. The molecule has 0 amide bonds. The third kappa shape index (κ3) is 6.21. The van der Waals surface area contributed by atoms with Crippen molar-refractivity contribution in [3.63, 3.8) is 0 Å². The van der Waals surface area contributed by atoms with E-state index in [1.807, 2.05) is 26.0 Å². The van der Waals surface area contributed by atoms with Crippen LogP contribution in [0.4, 0.5) is 0 Å². The molecule has 0 fully saturated rings. The zero-order valence-corrected chi connectivity index (χ0v) is 12.7. The van der Waals surface area contributed by atoms with E-state index in [9.17, 15) is 9.59 Å². The summed E-state index contributed by atoms with van der Waals surface area (Å²) in [7, 11) is 0. The Kier molecular flexibility index (Phi) is 7.99. The van der Waals surface area contributed by atoms with Gasteiger partial charge < -0.3 is 9.47 Å². The van der Waals surface area contributed by atoms with E-state index in [-0.39, 0.29) is 24.1 Å². The highest BCUT2D eigenvalue weighted by Gasteiger charge is 2.06. The normalized spacial score (nSPS) is 10.3. The summed E-state index contributed by atoms with van der Waals surface area (Å²) in [5, 5.41) is 0. The number of hydrogen-bond donors (Lipinski definition) is 0. The number of carbonyl (C=O) groups is 2. The predicted molar refractivity (Wildman–Crippen MR) is 79.2 cm³/mol. The molecule has 110 valence electrons. The van der Waals surface area contributed by atoms with E-state index < -0.39 is 0 Å². The lowest BCUT2D eigenvalue weighted by Crippen LogP contribution is -2.12. The SMILES string of the molecule is CCOCCOC(=O)CSc1ccc(C(=O)CC)cc1. The van der Waals surface area contributed by atoms with E-state index in [1.54, 1.807) is 12.1 Å². The Balaban J connectivity index is 2.31. The van der Waals surface area contributed by atoms with Crippen LogP contribution >= 0.6 is 11.8 Å². The van der Waals surface area contributed by atoms with E-state index in [1.165, 1.54) is 11.8 Å². The van der Waals surface area contributed by atoms with Gasteiger partial charge in [0.2, 0.25) is 0 Å². The van der Waals surface area contributed by atoms with Gasteiger partial charge in [-0.1, -0.05) is 19.1 Å². The second-order valence-electron chi connectivity index (χ2n) is 4.01. The van der Waals surface area contributed by atoms with Gasteiger partial charge in [0.25, 0.3) is 0 Å². The smallest absolute Gasteiger partial charge is 0.316 e. The molecule has 0 saturated carbocycles. The van der Waals surface area contributed by atoms with Gasteiger partial charge in [-0.3, -0.25) is 9.59 Å². The average molecular weight is 296 g/mol. The Morgan fingerprint density at radius 3 is 2.40 bits per heavy atom. The van der Waals surface area contributed by atoms with Crippen LogP contribution in [0, 0.1) is 0 Å². The van der Waals surface area contributed by atoms with Crippen LogP contribution in [0.1, 0.15) is 30.6 Å². The van der Waals surface area contributed by atoms with E-state index >= 15 is 0 Å². The number of rotatable bonds is 9. The molecular weight excluding hydrogens is 276 g/mol. The fraction of sp³-hybridized carbons (Fsp3) is 0.467. The maximum absolute atomic E-state index is 11.5. The average Bonchev–Trinajstić information content (AvgIpc) is 2.49. The van der Waals surface area contributed by atoms with Gasteiger partial charge in [0, 0.05) is 23.5 Å². The van der Waals surface area contributed by atoms with Gasteiger partial charge in [0.1, 0.15) is 6.61 Å². The molecule has 0 heterocycles. The molecule has 5 heteroatoms. The van der Waals surface area contributed by atoms with Crippen molar-refractivity contribution in [3.8, 4) is 0 Å². The first-order chi connectivity index (χ1) is 9.67. The van der Waals surface area contributed by atoms with E-state index in [0.717, 1.165) is 4.90 Å². The van der Waals surface area contributed by atoms with Crippen LogP contribution in [0.15, 0.2) is 29.2 Å². The third-order valence-electron chi connectivity index (χ3n) is 2.55. The summed E-state index contributed by atoms with van der Waals surface area (Å²) >= 11 is 1.39.